The van der Waals surface area contributed by atoms with Gasteiger partial charge in [-0.25, -0.2) is 9.78 Å². The number of aliphatic hydroxyl groups is 1. The van der Waals surface area contributed by atoms with Crippen LogP contribution in [0.3, 0.4) is 0 Å². The number of anilines is 1. The Morgan fingerprint density at radius 3 is 2.06 bits per heavy atom. The van der Waals surface area contributed by atoms with Gasteiger partial charge in [0.1, 0.15) is 17.0 Å². The van der Waals surface area contributed by atoms with Crippen LogP contribution in [0.25, 0.3) is 0 Å². The summed E-state index contributed by atoms with van der Waals surface area (Å²) in [5, 5.41) is 39.6. The maximum atomic E-state index is 13.7. The number of amides is 4. The number of thiazole rings is 1. The van der Waals surface area contributed by atoms with Gasteiger partial charge in [0.05, 0.1) is 17.8 Å². The summed E-state index contributed by atoms with van der Waals surface area (Å²) in [4.78, 5) is 79.0. The van der Waals surface area contributed by atoms with E-state index in [0.29, 0.717) is 5.56 Å². The lowest BCUT2D eigenvalue weighted by atomic mass is 9.97. The summed E-state index contributed by atoms with van der Waals surface area (Å²) < 4.78 is 0. The van der Waals surface area contributed by atoms with Gasteiger partial charge in [-0.1, -0.05) is 69.4 Å². The number of rotatable bonds is 18. The molecule has 1 heterocycles. The van der Waals surface area contributed by atoms with Crippen LogP contribution in [-0.2, 0) is 30.4 Å². The standard InChI is InChI=1S/C31H44N6O9S/c1-15(2)13-21(35-28(43)23(16(3)4)36-26(41)19(32)11-12-22(38)39)27(42)34-20(14-18-9-7-6-8-10-18)24(40)29(44)37-31-33-17(5)25(47-31)30(45)46/h6-10,15-16,19-21,23-24,40H,11-14,32H2,1-5H3,(H,34,42)(H,35,43)(H,36,41)(H,38,39)(H,45,46)(H,33,37,44)/t19-,20-,21-,23-,24+/m0/s1. The number of carbonyl (C=O) groups excluding carboxylic acids is 4. The summed E-state index contributed by atoms with van der Waals surface area (Å²) in [7, 11) is 0. The molecular weight excluding hydrogens is 632 g/mol. The molecule has 0 aliphatic carbocycles. The second kappa shape index (κ2) is 18.1. The Morgan fingerprint density at radius 2 is 1.53 bits per heavy atom. The number of nitrogens with one attached hydrogen (secondary N) is 4. The van der Waals surface area contributed by atoms with Crippen LogP contribution < -0.4 is 27.0 Å². The van der Waals surface area contributed by atoms with Gasteiger partial charge < -0.3 is 37.0 Å². The van der Waals surface area contributed by atoms with E-state index >= 15 is 0 Å². The Hall–Kier alpha value is -4.41. The SMILES string of the molecule is Cc1nc(NC(=O)[C@H](O)[C@H](Cc2ccccc2)NC(=O)[C@H](CC(C)C)NC(=O)[C@@H](NC(=O)[C@@H](N)CCC(=O)O)C(C)C)sc1C(=O)O. The summed E-state index contributed by atoms with van der Waals surface area (Å²) in [6.45, 7) is 8.50. The summed E-state index contributed by atoms with van der Waals surface area (Å²) >= 11 is 0.724. The summed E-state index contributed by atoms with van der Waals surface area (Å²) in [6, 6.07) is 4.21. The number of hydrogen-bond acceptors (Lipinski definition) is 10. The number of nitrogens with zero attached hydrogens (tertiary/aromatic N) is 1. The van der Waals surface area contributed by atoms with Crippen molar-refractivity contribution in [1.29, 1.82) is 0 Å². The molecule has 15 nitrogen and oxygen atoms in total. The number of carboxylic acid groups (broad SMARTS) is 2. The first-order chi connectivity index (χ1) is 22.0. The summed E-state index contributed by atoms with van der Waals surface area (Å²) in [6.07, 6.45) is -2.06. The molecule has 16 heteroatoms. The topological polar surface area (TPSA) is 250 Å². The van der Waals surface area contributed by atoms with Crippen LogP contribution in [0.4, 0.5) is 5.13 Å². The molecule has 1 aromatic heterocycles. The van der Waals surface area contributed by atoms with E-state index < -0.39 is 71.8 Å². The van der Waals surface area contributed by atoms with Crippen LogP contribution in [0, 0.1) is 18.8 Å². The van der Waals surface area contributed by atoms with E-state index in [1.807, 2.05) is 13.8 Å². The summed E-state index contributed by atoms with van der Waals surface area (Å²) in [5.74, 6) is -5.85. The highest BCUT2D eigenvalue weighted by Crippen LogP contribution is 2.23. The fourth-order valence-electron chi connectivity index (χ4n) is 4.57. The number of aryl methyl sites for hydroxylation is 1. The lowest BCUT2D eigenvalue weighted by Gasteiger charge is -2.29. The Morgan fingerprint density at radius 1 is 0.894 bits per heavy atom. The van der Waals surface area contributed by atoms with Crippen molar-refractivity contribution in [3.8, 4) is 0 Å². The molecule has 9 N–H and O–H groups in total. The van der Waals surface area contributed by atoms with Gasteiger partial charge in [-0.3, -0.25) is 29.3 Å². The second-order valence-electron chi connectivity index (χ2n) is 11.9. The Balaban J connectivity index is 2.27. The highest BCUT2D eigenvalue weighted by atomic mass is 32.1. The molecule has 2 aromatic rings. The minimum Gasteiger partial charge on any atom is -0.481 e. The number of aliphatic carboxylic acids is 1. The highest BCUT2D eigenvalue weighted by molar-refractivity contribution is 7.17. The van der Waals surface area contributed by atoms with Gasteiger partial charge in [0.2, 0.25) is 17.7 Å². The van der Waals surface area contributed by atoms with E-state index in [2.05, 4.69) is 26.3 Å². The zero-order chi connectivity index (χ0) is 35.4. The smallest absolute Gasteiger partial charge is 0.347 e. The van der Waals surface area contributed by atoms with E-state index in [1.165, 1.54) is 6.92 Å². The minimum atomic E-state index is -1.80. The van der Waals surface area contributed by atoms with Crippen LogP contribution >= 0.6 is 11.3 Å². The van der Waals surface area contributed by atoms with Gasteiger partial charge in [-0.15, -0.1) is 0 Å². The lowest BCUT2D eigenvalue weighted by Crippen LogP contribution is -2.59. The number of aromatic nitrogens is 1. The van der Waals surface area contributed by atoms with Gasteiger partial charge in [0.25, 0.3) is 5.91 Å². The van der Waals surface area contributed by atoms with E-state index in [-0.39, 0.29) is 47.3 Å². The molecule has 0 radical (unpaired) electrons. The van der Waals surface area contributed by atoms with Gasteiger partial charge in [-0.2, -0.15) is 0 Å². The van der Waals surface area contributed by atoms with E-state index in [4.69, 9.17) is 10.8 Å². The molecule has 258 valence electrons. The van der Waals surface area contributed by atoms with E-state index in [9.17, 15) is 39.0 Å². The quantitative estimate of drug-likeness (QED) is 0.111. The Bertz CT molecular complexity index is 1420. The van der Waals surface area contributed by atoms with Gasteiger partial charge in [0, 0.05) is 6.42 Å². The normalized spacial score (nSPS) is 14.4. The molecule has 0 fully saturated rings. The van der Waals surface area contributed by atoms with Crippen molar-refractivity contribution >= 4 is 52.0 Å². The van der Waals surface area contributed by atoms with Crippen LogP contribution in [-0.4, -0.2) is 86.1 Å². The van der Waals surface area contributed by atoms with Crippen molar-refractivity contribution in [2.24, 2.45) is 17.6 Å². The van der Waals surface area contributed by atoms with Crippen LogP contribution in [0.5, 0.6) is 0 Å². The molecule has 2 rings (SSSR count). The van der Waals surface area contributed by atoms with Crippen molar-refractivity contribution in [1.82, 2.24) is 20.9 Å². The highest BCUT2D eigenvalue weighted by Gasteiger charge is 2.34. The van der Waals surface area contributed by atoms with Crippen molar-refractivity contribution in [2.75, 3.05) is 5.32 Å². The molecule has 5 atom stereocenters. The molecule has 47 heavy (non-hydrogen) atoms. The first-order valence-corrected chi connectivity index (χ1v) is 15.9. The fourth-order valence-corrected chi connectivity index (χ4v) is 5.38. The van der Waals surface area contributed by atoms with Gasteiger partial charge >= 0.3 is 11.9 Å². The third-order valence-corrected chi connectivity index (χ3v) is 8.15. The Labute approximate surface area is 276 Å². The number of hydrogen-bond donors (Lipinski definition) is 8. The average molecular weight is 677 g/mol. The van der Waals surface area contributed by atoms with E-state index in [1.54, 1.807) is 44.2 Å². The molecule has 0 saturated heterocycles. The first kappa shape index (κ1) is 38.8. The maximum Gasteiger partial charge on any atom is 0.347 e. The zero-order valence-electron chi connectivity index (χ0n) is 27.0. The largest absolute Gasteiger partial charge is 0.481 e. The second-order valence-corrected chi connectivity index (χ2v) is 12.9. The van der Waals surface area contributed by atoms with Crippen LogP contribution in [0.2, 0.25) is 0 Å². The number of aromatic carboxylic acids is 1. The predicted molar refractivity (Wildman–Crippen MR) is 174 cm³/mol. The lowest BCUT2D eigenvalue weighted by molar-refractivity contribution is -0.137. The maximum absolute atomic E-state index is 13.7. The molecule has 0 spiro atoms. The molecule has 1 aromatic carbocycles. The number of carbonyl (C=O) groups is 6. The molecule has 0 aliphatic heterocycles. The number of benzene rings is 1. The number of aliphatic hydroxyl groups excluding tert-OH is 1. The van der Waals surface area contributed by atoms with Crippen LogP contribution in [0.1, 0.15) is 67.9 Å². The molecular formula is C31H44N6O9S. The number of carboxylic acids is 2. The van der Waals surface area contributed by atoms with Gasteiger partial charge in [0.15, 0.2) is 11.2 Å². The van der Waals surface area contributed by atoms with E-state index in [0.717, 1.165) is 11.3 Å². The minimum absolute atomic E-state index is 0.0275. The molecule has 0 unspecified atom stereocenters. The van der Waals surface area contributed by atoms with Crippen LogP contribution in [0.15, 0.2) is 30.3 Å². The molecule has 4 amide bonds. The monoisotopic (exact) mass is 676 g/mol. The molecule has 0 bridgehead atoms. The first-order valence-electron chi connectivity index (χ1n) is 15.1. The zero-order valence-corrected chi connectivity index (χ0v) is 27.8. The Kier molecular flexibility index (Phi) is 14.9. The fraction of sp³-hybridized carbons (Fsp3) is 0.516. The van der Waals surface area contributed by atoms with Crippen molar-refractivity contribution in [2.45, 2.75) is 90.6 Å². The predicted octanol–water partition coefficient (Wildman–Crippen LogP) is 1.04. The third-order valence-electron chi connectivity index (χ3n) is 7.09. The average Bonchev–Trinajstić information content (AvgIpc) is 3.37. The van der Waals surface area contributed by atoms with Gasteiger partial charge in [-0.05, 0) is 43.6 Å². The van der Waals surface area contributed by atoms with Crippen molar-refractivity contribution in [3.63, 3.8) is 0 Å². The molecule has 0 saturated carbocycles. The summed E-state index contributed by atoms with van der Waals surface area (Å²) in [5.41, 5.74) is 6.69. The van der Waals surface area contributed by atoms with Crippen molar-refractivity contribution in [3.05, 3.63) is 46.5 Å². The third kappa shape index (κ3) is 12.4. The number of nitrogens with two attached hydrogens (primary N) is 1. The van der Waals surface area contributed by atoms with Crippen molar-refractivity contribution < 1.29 is 44.1 Å². The molecule has 0 aliphatic rings.